The van der Waals surface area contributed by atoms with Gasteiger partial charge in [0, 0.05) is 22.2 Å². The van der Waals surface area contributed by atoms with Crippen LogP contribution < -0.4 is 0 Å². The first kappa shape index (κ1) is 23.9. The maximum atomic E-state index is 4.76. The van der Waals surface area contributed by atoms with Gasteiger partial charge in [0.1, 0.15) is 0 Å². The second-order valence-corrected chi connectivity index (χ2v) is 14.3. The van der Waals surface area contributed by atoms with Crippen LogP contribution in [0.2, 0.25) is 0 Å². The van der Waals surface area contributed by atoms with Crippen molar-refractivity contribution in [3.05, 3.63) is 104 Å². The molecule has 1 fully saturated rings. The van der Waals surface area contributed by atoms with Crippen LogP contribution in [0.4, 0.5) is 0 Å². The fourth-order valence-electron chi connectivity index (χ4n) is 9.69. The molecule has 5 atom stereocenters. The van der Waals surface area contributed by atoms with Gasteiger partial charge in [0.25, 0.3) is 0 Å². The van der Waals surface area contributed by atoms with Crippen molar-refractivity contribution in [2.45, 2.75) is 89.9 Å². The summed E-state index contributed by atoms with van der Waals surface area (Å²) in [6, 6.07) is 0. The third-order valence-electron chi connectivity index (χ3n) is 11.4. The molecule has 0 nitrogen and oxygen atoms in total. The minimum absolute atomic E-state index is 0.0887. The highest BCUT2D eigenvalue weighted by molar-refractivity contribution is 8.07. The number of allylic oxidation sites excluding steroid dienone is 16. The molecule has 0 bridgehead atoms. The zero-order valence-electron chi connectivity index (χ0n) is 22.9. The van der Waals surface area contributed by atoms with Gasteiger partial charge in [0.2, 0.25) is 0 Å². The third kappa shape index (κ3) is 3.43. The van der Waals surface area contributed by atoms with E-state index in [0.717, 1.165) is 5.92 Å². The highest BCUT2D eigenvalue weighted by atomic mass is 32.2. The lowest BCUT2D eigenvalue weighted by Gasteiger charge is -2.50. The Labute approximate surface area is 234 Å². The normalized spacial score (nSPS) is 37.4. The quantitative estimate of drug-likeness (QED) is 0.328. The van der Waals surface area contributed by atoms with Crippen LogP contribution >= 0.6 is 11.8 Å². The second kappa shape index (κ2) is 9.29. The largest absolute Gasteiger partial charge is 0.0950 e. The summed E-state index contributed by atoms with van der Waals surface area (Å²) < 4.78 is 0. The Hall–Kier alpha value is -1.99. The van der Waals surface area contributed by atoms with Crippen molar-refractivity contribution < 1.29 is 0 Å². The van der Waals surface area contributed by atoms with Gasteiger partial charge in [-0.3, -0.25) is 0 Å². The molecule has 8 aliphatic rings. The Kier molecular flexibility index (Phi) is 5.84. The van der Waals surface area contributed by atoms with E-state index in [2.05, 4.69) is 60.4 Å². The van der Waals surface area contributed by atoms with E-state index in [-0.39, 0.29) is 5.41 Å². The van der Waals surface area contributed by atoms with E-state index in [4.69, 9.17) is 6.58 Å². The average molecular weight is 519 g/mol. The van der Waals surface area contributed by atoms with Gasteiger partial charge in [-0.05, 0) is 128 Å². The van der Waals surface area contributed by atoms with Gasteiger partial charge in [-0.2, -0.15) is 0 Å². The van der Waals surface area contributed by atoms with E-state index >= 15 is 0 Å². The summed E-state index contributed by atoms with van der Waals surface area (Å²) in [6.45, 7) is 4.76. The fraction of sp³-hybridized carbons (Fsp3) is 0.514. The molecular formula is C37H42S. The van der Waals surface area contributed by atoms with E-state index in [1.807, 2.05) is 5.57 Å². The number of hydrogen-bond donors (Lipinski definition) is 0. The van der Waals surface area contributed by atoms with Crippen LogP contribution in [0.15, 0.2) is 104 Å². The highest BCUT2D eigenvalue weighted by Crippen LogP contribution is 2.71. The molecule has 196 valence electrons. The molecule has 0 aromatic rings. The Bertz CT molecular complexity index is 1330. The number of fused-ring (bicyclic) bond motifs is 7. The minimum atomic E-state index is 0.0887. The predicted octanol–water partition coefficient (Wildman–Crippen LogP) is 10.6. The van der Waals surface area contributed by atoms with Crippen molar-refractivity contribution in [2.75, 3.05) is 0 Å². The molecule has 8 rings (SSSR count). The van der Waals surface area contributed by atoms with Crippen molar-refractivity contribution in [1.82, 2.24) is 0 Å². The van der Waals surface area contributed by atoms with E-state index < -0.39 is 0 Å². The van der Waals surface area contributed by atoms with E-state index in [0.29, 0.717) is 17.8 Å². The Balaban J connectivity index is 1.34. The van der Waals surface area contributed by atoms with Crippen molar-refractivity contribution in [1.29, 1.82) is 0 Å². The molecule has 1 heterocycles. The van der Waals surface area contributed by atoms with Crippen molar-refractivity contribution >= 4 is 11.8 Å². The van der Waals surface area contributed by atoms with Crippen LogP contribution in [-0.2, 0) is 0 Å². The van der Waals surface area contributed by atoms with Crippen LogP contribution in [-0.4, -0.2) is 0 Å². The highest BCUT2D eigenvalue weighted by Gasteiger charge is 2.60. The Morgan fingerprint density at radius 1 is 0.868 bits per heavy atom. The summed E-state index contributed by atoms with van der Waals surface area (Å²) in [5, 5.41) is 0. The maximum absolute atomic E-state index is 4.76. The summed E-state index contributed by atoms with van der Waals surface area (Å²) in [4.78, 5) is 3.28. The third-order valence-corrected chi connectivity index (χ3v) is 12.6. The molecule has 38 heavy (non-hydrogen) atoms. The minimum Gasteiger partial charge on any atom is -0.0950 e. The van der Waals surface area contributed by atoms with Crippen molar-refractivity contribution in [3.63, 3.8) is 0 Å². The lowest BCUT2D eigenvalue weighted by Crippen LogP contribution is -2.41. The van der Waals surface area contributed by atoms with Crippen LogP contribution in [0.5, 0.6) is 0 Å². The van der Waals surface area contributed by atoms with Crippen LogP contribution in [0.3, 0.4) is 0 Å². The van der Waals surface area contributed by atoms with Gasteiger partial charge in [-0.25, -0.2) is 0 Å². The fourth-order valence-corrected chi connectivity index (χ4v) is 11.1. The average Bonchev–Trinajstić information content (AvgIpc) is 3.25. The van der Waals surface area contributed by atoms with Crippen molar-refractivity contribution in [3.8, 4) is 0 Å². The zero-order chi connectivity index (χ0) is 25.3. The summed E-state index contributed by atoms with van der Waals surface area (Å²) >= 11 is 2.13. The molecule has 1 aliphatic heterocycles. The first-order valence-corrected chi connectivity index (χ1v) is 16.6. The smallest absolute Gasteiger partial charge is 0.0469 e. The topological polar surface area (TPSA) is 0 Å². The number of rotatable bonds is 2. The van der Waals surface area contributed by atoms with Gasteiger partial charge in [-0.15, -0.1) is 0 Å². The Morgan fingerprint density at radius 2 is 1.79 bits per heavy atom. The van der Waals surface area contributed by atoms with E-state index in [9.17, 15) is 0 Å². The molecule has 7 aliphatic carbocycles. The summed E-state index contributed by atoms with van der Waals surface area (Å²) in [7, 11) is 0. The first-order valence-electron chi connectivity index (χ1n) is 15.7. The van der Waals surface area contributed by atoms with Crippen LogP contribution in [0.25, 0.3) is 0 Å². The standard InChI is InChI=1S/C37H42S/c1-24(25-11-3-2-4-12-25)26-19-20-29-30-21-27-13-5-6-14-28(27)23-34(30)37(33(29)22-26)31-15-7-9-17-35(31)38-36-18-10-8-16-32(36)37/h3,7,10-11,15,18,21-22,25,28,30,34H,1-2,4-6,8-9,12-14,16-17,19-20,23H2. The Morgan fingerprint density at radius 3 is 2.71 bits per heavy atom. The van der Waals surface area contributed by atoms with Crippen molar-refractivity contribution in [2.24, 2.45) is 29.1 Å². The zero-order valence-corrected chi connectivity index (χ0v) is 23.8. The molecule has 1 saturated carbocycles. The number of thioether (sulfide) groups is 1. The monoisotopic (exact) mass is 518 g/mol. The molecule has 0 radical (unpaired) electrons. The molecule has 0 aromatic heterocycles. The second-order valence-electron chi connectivity index (χ2n) is 13.1. The SMILES string of the molecule is C=C(C1=CC2=C(CC1)C1C=C3CCCCC3CC1C21C2=C(CCC=C2)SC2=C1CCC=C2)C1C=CCCC1. The first-order chi connectivity index (χ1) is 18.7. The molecule has 0 saturated heterocycles. The van der Waals surface area contributed by atoms with Gasteiger partial charge in [-0.1, -0.05) is 84.5 Å². The van der Waals surface area contributed by atoms with E-state index in [1.54, 1.807) is 37.7 Å². The number of hydrogen-bond acceptors (Lipinski definition) is 1. The van der Waals surface area contributed by atoms with Crippen LogP contribution in [0, 0.1) is 29.1 Å². The lowest BCUT2D eigenvalue weighted by atomic mass is 9.55. The molecule has 0 amide bonds. The molecule has 5 unspecified atom stereocenters. The lowest BCUT2D eigenvalue weighted by molar-refractivity contribution is 0.214. The summed E-state index contributed by atoms with van der Waals surface area (Å²) in [5.41, 5.74) is 11.9. The maximum Gasteiger partial charge on any atom is 0.0469 e. The van der Waals surface area contributed by atoms with Gasteiger partial charge in [0.05, 0.1) is 0 Å². The van der Waals surface area contributed by atoms with E-state index in [1.165, 1.54) is 95.5 Å². The van der Waals surface area contributed by atoms with Gasteiger partial charge >= 0.3 is 0 Å². The summed E-state index contributed by atoms with van der Waals surface area (Å²) in [5.74, 6) is 2.70. The molecular weight excluding hydrogens is 476 g/mol. The molecule has 0 aromatic carbocycles. The summed E-state index contributed by atoms with van der Waals surface area (Å²) in [6.07, 6.45) is 38.6. The molecule has 1 heteroatoms. The molecule has 1 spiro atoms. The van der Waals surface area contributed by atoms with Crippen LogP contribution in [0.1, 0.15) is 89.9 Å². The predicted molar refractivity (Wildman–Crippen MR) is 162 cm³/mol. The van der Waals surface area contributed by atoms with Gasteiger partial charge in [0.15, 0.2) is 0 Å². The molecule has 0 N–H and O–H groups in total. The van der Waals surface area contributed by atoms with Gasteiger partial charge < -0.3 is 0 Å².